The Morgan fingerprint density at radius 2 is 1.89 bits per heavy atom. The number of hydrogen-bond donors (Lipinski definition) is 1. The fraction of sp³-hybridized carbons (Fsp3) is 0.222. The number of non-ortho nitro benzene ring substituents is 1. The summed E-state index contributed by atoms with van der Waals surface area (Å²) in [5.41, 5.74) is 2.13. The van der Waals surface area contributed by atoms with E-state index in [9.17, 15) is 19.7 Å². The number of nitrogens with zero attached hydrogens (tertiary/aromatic N) is 5. The summed E-state index contributed by atoms with van der Waals surface area (Å²) >= 11 is 0. The topological polar surface area (TPSA) is 125 Å². The summed E-state index contributed by atoms with van der Waals surface area (Å²) in [6.07, 6.45) is 0. The molecule has 0 saturated carbocycles. The number of carbonyl (C=O) groups excluding carboxylic acids is 1. The first-order valence-electron chi connectivity index (χ1n) is 8.41. The lowest BCUT2D eigenvalue weighted by Gasteiger charge is -2.10. The van der Waals surface area contributed by atoms with Crippen LogP contribution in [0.4, 0.5) is 11.4 Å². The maximum Gasteiger partial charge on any atom is 0.269 e. The molecule has 2 aromatic heterocycles. The number of nitro benzene ring substituents is 1. The van der Waals surface area contributed by atoms with E-state index in [1.807, 2.05) is 19.9 Å². The zero-order chi connectivity index (χ0) is 20.4. The van der Waals surface area contributed by atoms with Crippen molar-refractivity contribution < 1.29 is 9.72 Å². The SMILES string of the molecule is Cc1cc(C)n(-c2ccc(=O)n(CC(=O)Nc3ccc([N+](=O)[O-])cc3C)n2)n1. The molecule has 3 aromatic rings. The van der Waals surface area contributed by atoms with E-state index in [1.165, 1.54) is 30.3 Å². The third kappa shape index (κ3) is 3.95. The summed E-state index contributed by atoms with van der Waals surface area (Å²) in [7, 11) is 0. The van der Waals surface area contributed by atoms with E-state index in [0.717, 1.165) is 16.1 Å². The summed E-state index contributed by atoms with van der Waals surface area (Å²) in [6.45, 7) is 5.06. The van der Waals surface area contributed by atoms with E-state index in [1.54, 1.807) is 11.6 Å². The number of aryl methyl sites for hydroxylation is 3. The smallest absolute Gasteiger partial charge is 0.269 e. The minimum absolute atomic E-state index is 0.0639. The molecule has 0 aliphatic carbocycles. The van der Waals surface area contributed by atoms with Crippen molar-refractivity contribution in [3.63, 3.8) is 0 Å². The molecule has 28 heavy (non-hydrogen) atoms. The van der Waals surface area contributed by atoms with Crippen LogP contribution in [0.3, 0.4) is 0 Å². The van der Waals surface area contributed by atoms with Gasteiger partial charge in [0.05, 0.1) is 10.6 Å². The number of anilines is 1. The van der Waals surface area contributed by atoms with Crippen LogP contribution in [0.15, 0.2) is 41.2 Å². The minimum Gasteiger partial charge on any atom is -0.324 e. The van der Waals surface area contributed by atoms with Crippen LogP contribution in [0, 0.1) is 30.9 Å². The van der Waals surface area contributed by atoms with Crippen LogP contribution in [0.1, 0.15) is 17.0 Å². The second-order valence-electron chi connectivity index (χ2n) is 6.33. The molecule has 1 aromatic carbocycles. The molecule has 0 atom stereocenters. The molecule has 10 nitrogen and oxygen atoms in total. The Bertz CT molecular complexity index is 1130. The Labute approximate surface area is 159 Å². The number of nitro groups is 1. The number of benzene rings is 1. The van der Waals surface area contributed by atoms with E-state index < -0.39 is 16.4 Å². The molecule has 0 aliphatic rings. The van der Waals surface area contributed by atoms with Gasteiger partial charge in [-0.05, 0) is 44.5 Å². The average molecular weight is 382 g/mol. The van der Waals surface area contributed by atoms with Gasteiger partial charge in [0, 0.05) is 29.6 Å². The zero-order valence-electron chi connectivity index (χ0n) is 15.5. The van der Waals surface area contributed by atoms with Gasteiger partial charge in [0.15, 0.2) is 5.82 Å². The standard InChI is InChI=1S/C18H18N6O4/c1-11-8-14(24(27)28)4-5-15(11)19-17(25)10-22-18(26)7-6-16(21-22)23-13(3)9-12(2)20-23/h4-9H,10H2,1-3H3,(H,19,25). The molecule has 0 aliphatic heterocycles. The molecule has 10 heteroatoms. The predicted octanol–water partition coefficient (Wildman–Crippen LogP) is 1.90. The fourth-order valence-corrected chi connectivity index (χ4v) is 2.75. The first-order valence-corrected chi connectivity index (χ1v) is 8.41. The van der Waals surface area contributed by atoms with Crippen LogP contribution in [-0.4, -0.2) is 30.4 Å². The molecule has 3 rings (SSSR count). The predicted molar refractivity (Wildman–Crippen MR) is 102 cm³/mol. The fourth-order valence-electron chi connectivity index (χ4n) is 2.75. The summed E-state index contributed by atoms with van der Waals surface area (Å²) in [6, 6.07) is 8.86. The number of amides is 1. The van der Waals surface area contributed by atoms with Crippen molar-refractivity contribution in [2.45, 2.75) is 27.3 Å². The molecule has 0 fully saturated rings. The average Bonchev–Trinajstić information content (AvgIpc) is 2.96. The van der Waals surface area contributed by atoms with Gasteiger partial charge >= 0.3 is 0 Å². The highest BCUT2D eigenvalue weighted by atomic mass is 16.6. The van der Waals surface area contributed by atoms with Crippen LogP contribution >= 0.6 is 0 Å². The minimum atomic E-state index is -0.507. The van der Waals surface area contributed by atoms with E-state index in [0.29, 0.717) is 17.1 Å². The quantitative estimate of drug-likeness (QED) is 0.531. The van der Waals surface area contributed by atoms with Gasteiger partial charge in [-0.2, -0.15) is 5.10 Å². The third-order valence-corrected chi connectivity index (χ3v) is 4.07. The van der Waals surface area contributed by atoms with Gasteiger partial charge in [0.25, 0.3) is 11.2 Å². The number of hydrogen-bond acceptors (Lipinski definition) is 6. The summed E-state index contributed by atoms with van der Waals surface area (Å²) in [5.74, 6) is -0.0541. The molecule has 0 bridgehead atoms. The molecule has 0 radical (unpaired) electrons. The lowest BCUT2D eigenvalue weighted by molar-refractivity contribution is -0.384. The molecule has 0 unspecified atom stereocenters. The van der Waals surface area contributed by atoms with E-state index in [2.05, 4.69) is 15.5 Å². The van der Waals surface area contributed by atoms with Crippen LogP contribution in [-0.2, 0) is 11.3 Å². The van der Waals surface area contributed by atoms with Gasteiger partial charge < -0.3 is 5.32 Å². The van der Waals surface area contributed by atoms with Crippen LogP contribution < -0.4 is 10.9 Å². The van der Waals surface area contributed by atoms with Crippen molar-refractivity contribution >= 4 is 17.3 Å². The number of carbonyl (C=O) groups is 1. The zero-order valence-corrected chi connectivity index (χ0v) is 15.5. The molecular weight excluding hydrogens is 364 g/mol. The first-order chi connectivity index (χ1) is 13.2. The third-order valence-electron chi connectivity index (χ3n) is 4.07. The number of aromatic nitrogens is 4. The van der Waals surface area contributed by atoms with Crippen LogP contribution in [0.25, 0.3) is 5.82 Å². The highest BCUT2D eigenvalue weighted by Gasteiger charge is 2.13. The normalized spacial score (nSPS) is 10.7. The van der Waals surface area contributed by atoms with Gasteiger partial charge in [-0.25, -0.2) is 9.36 Å². The number of rotatable bonds is 5. The second-order valence-corrected chi connectivity index (χ2v) is 6.33. The van der Waals surface area contributed by atoms with Crippen molar-refractivity contribution in [2.24, 2.45) is 0 Å². The van der Waals surface area contributed by atoms with E-state index >= 15 is 0 Å². The first kappa shape index (κ1) is 19.0. The van der Waals surface area contributed by atoms with Gasteiger partial charge in [0.2, 0.25) is 5.91 Å². The van der Waals surface area contributed by atoms with E-state index in [4.69, 9.17) is 0 Å². The molecule has 0 spiro atoms. The second kappa shape index (κ2) is 7.43. The number of nitrogens with one attached hydrogen (secondary N) is 1. The summed E-state index contributed by atoms with van der Waals surface area (Å²) in [4.78, 5) is 34.7. The highest BCUT2D eigenvalue weighted by Crippen LogP contribution is 2.21. The summed E-state index contributed by atoms with van der Waals surface area (Å²) < 4.78 is 2.63. The van der Waals surface area contributed by atoms with Crippen molar-refractivity contribution in [1.82, 2.24) is 19.6 Å². The van der Waals surface area contributed by atoms with Crippen molar-refractivity contribution in [3.8, 4) is 5.82 Å². The maximum absolute atomic E-state index is 12.4. The monoisotopic (exact) mass is 382 g/mol. The van der Waals surface area contributed by atoms with Gasteiger partial charge in [-0.15, -0.1) is 5.10 Å². The Kier molecular flexibility index (Phi) is 5.03. The lowest BCUT2D eigenvalue weighted by Crippen LogP contribution is -2.30. The largest absolute Gasteiger partial charge is 0.324 e. The molecular formula is C18H18N6O4. The van der Waals surface area contributed by atoms with Crippen molar-refractivity contribution in [3.05, 3.63) is 73.8 Å². The van der Waals surface area contributed by atoms with Crippen LogP contribution in [0.2, 0.25) is 0 Å². The van der Waals surface area contributed by atoms with Crippen LogP contribution in [0.5, 0.6) is 0 Å². The Morgan fingerprint density at radius 3 is 2.50 bits per heavy atom. The molecule has 2 heterocycles. The molecule has 0 saturated heterocycles. The molecule has 1 amide bonds. The Balaban J connectivity index is 1.81. The Morgan fingerprint density at radius 1 is 1.14 bits per heavy atom. The highest BCUT2D eigenvalue weighted by molar-refractivity contribution is 5.91. The summed E-state index contributed by atoms with van der Waals surface area (Å²) in [5, 5.41) is 22.0. The van der Waals surface area contributed by atoms with Gasteiger partial charge in [-0.1, -0.05) is 0 Å². The molecule has 1 N–H and O–H groups in total. The Hall–Kier alpha value is -3.82. The van der Waals surface area contributed by atoms with E-state index in [-0.39, 0.29) is 12.2 Å². The maximum atomic E-state index is 12.4. The lowest BCUT2D eigenvalue weighted by atomic mass is 10.2. The molecule has 144 valence electrons. The van der Waals surface area contributed by atoms with Gasteiger partial charge in [0.1, 0.15) is 6.54 Å². The van der Waals surface area contributed by atoms with Gasteiger partial charge in [-0.3, -0.25) is 19.7 Å². The van der Waals surface area contributed by atoms with Crippen molar-refractivity contribution in [2.75, 3.05) is 5.32 Å². The van der Waals surface area contributed by atoms with Crippen molar-refractivity contribution in [1.29, 1.82) is 0 Å².